The molecule has 0 aliphatic heterocycles. The van der Waals surface area contributed by atoms with Crippen LogP contribution in [0, 0.1) is 0 Å². The van der Waals surface area contributed by atoms with Crippen LogP contribution >= 0.6 is 23.3 Å². The van der Waals surface area contributed by atoms with Gasteiger partial charge in [-0.3, -0.25) is 0 Å². The van der Waals surface area contributed by atoms with Gasteiger partial charge in [0.15, 0.2) is 0 Å². The Morgan fingerprint density at radius 1 is 1.00 bits per heavy atom. The second kappa shape index (κ2) is 9.55. The topological polar surface area (TPSA) is 62.7 Å². The highest BCUT2D eigenvalue weighted by Crippen LogP contribution is 2.19. The summed E-state index contributed by atoms with van der Waals surface area (Å²) in [7, 11) is 1.63. The van der Waals surface area contributed by atoms with Crippen molar-refractivity contribution >= 4 is 23.3 Å². The van der Waals surface area contributed by atoms with Crippen molar-refractivity contribution in [3.05, 3.63) is 5.15 Å². The zero-order chi connectivity index (χ0) is 12.3. The molecule has 0 N–H and O–H groups in total. The molecule has 0 aromatic carbocycles. The molecule has 0 atom stereocenters. The van der Waals surface area contributed by atoms with Gasteiger partial charge in [-0.15, -0.1) is 4.37 Å². The van der Waals surface area contributed by atoms with E-state index in [4.69, 9.17) is 30.5 Å². The van der Waals surface area contributed by atoms with Gasteiger partial charge in [-0.2, -0.15) is 4.37 Å². The minimum absolute atomic E-state index is 0.290. The van der Waals surface area contributed by atoms with Gasteiger partial charge in [-0.25, -0.2) is 0 Å². The molecule has 0 aliphatic rings. The number of hydrogen-bond acceptors (Lipinski definition) is 7. The first-order valence-corrected chi connectivity index (χ1v) is 6.20. The molecule has 0 amide bonds. The minimum Gasteiger partial charge on any atom is -0.472 e. The van der Waals surface area contributed by atoms with Crippen molar-refractivity contribution < 1.29 is 18.9 Å². The highest BCUT2D eigenvalue weighted by molar-refractivity contribution is 6.99. The monoisotopic (exact) mass is 282 g/mol. The summed E-state index contributed by atoms with van der Waals surface area (Å²) in [6.07, 6.45) is 0. The zero-order valence-corrected chi connectivity index (χ0v) is 11.1. The first kappa shape index (κ1) is 14.6. The van der Waals surface area contributed by atoms with Gasteiger partial charge < -0.3 is 18.9 Å². The van der Waals surface area contributed by atoms with Gasteiger partial charge in [0.05, 0.1) is 44.8 Å². The number of nitrogens with zero attached hydrogens (tertiary/aromatic N) is 2. The van der Waals surface area contributed by atoms with E-state index in [0.717, 1.165) is 11.7 Å². The Bertz CT molecular complexity index is 300. The zero-order valence-electron chi connectivity index (χ0n) is 9.56. The van der Waals surface area contributed by atoms with Crippen LogP contribution in [0.15, 0.2) is 0 Å². The van der Waals surface area contributed by atoms with Gasteiger partial charge in [-0.05, 0) is 0 Å². The van der Waals surface area contributed by atoms with Crippen molar-refractivity contribution in [2.45, 2.75) is 0 Å². The maximum Gasteiger partial charge on any atom is 0.265 e. The van der Waals surface area contributed by atoms with E-state index in [1.807, 2.05) is 0 Å². The predicted molar refractivity (Wildman–Crippen MR) is 63.9 cm³/mol. The maximum absolute atomic E-state index is 5.69. The van der Waals surface area contributed by atoms with Crippen LogP contribution in [0.25, 0.3) is 0 Å². The van der Waals surface area contributed by atoms with Crippen molar-refractivity contribution in [2.75, 3.05) is 46.8 Å². The average Bonchev–Trinajstić information content (AvgIpc) is 2.73. The summed E-state index contributed by atoms with van der Waals surface area (Å²) in [6, 6.07) is 0. The third-order valence-corrected chi connectivity index (χ3v) is 2.55. The van der Waals surface area contributed by atoms with Crippen LogP contribution in [0.4, 0.5) is 0 Å². The highest BCUT2D eigenvalue weighted by Gasteiger charge is 2.05. The van der Waals surface area contributed by atoms with Crippen molar-refractivity contribution in [3.8, 4) is 5.88 Å². The molecule has 0 bridgehead atoms. The third kappa shape index (κ3) is 6.75. The molecule has 1 rings (SSSR count). The Kier molecular flexibility index (Phi) is 8.20. The van der Waals surface area contributed by atoms with Crippen LogP contribution < -0.4 is 4.74 Å². The summed E-state index contributed by atoms with van der Waals surface area (Å²) in [5.74, 6) is 0.358. The van der Waals surface area contributed by atoms with E-state index in [1.165, 1.54) is 0 Å². The van der Waals surface area contributed by atoms with Gasteiger partial charge in [0.2, 0.25) is 5.15 Å². The van der Waals surface area contributed by atoms with Crippen molar-refractivity contribution in [1.29, 1.82) is 0 Å². The third-order valence-electron chi connectivity index (χ3n) is 1.69. The summed E-state index contributed by atoms with van der Waals surface area (Å²) >= 11 is 6.71. The lowest BCUT2D eigenvalue weighted by molar-refractivity contribution is 0.0177. The van der Waals surface area contributed by atoms with Gasteiger partial charge in [0.25, 0.3) is 5.88 Å². The van der Waals surface area contributed by atoms with E-state index in [0.29, 0.717) is 45.5 Å². The van der Waals surface area contributed by atoms with Gasteiger partial charge in [-0.1, -0.05) is 11.6 Å². The molecule has 0 radical (unpaired) electrons. The van der Waals surface area contributed by atoms with Crippen LogP contribution in [0.2, 0.25) is 5.15 Å². The lowest BCUT2D eigenvalue weighted by atomic mass is 10.7. The molecule has 8 heteroatoms. The van der Waals surface area contributed by atoms with E-state index >= 15 is 0 Å². The number of methoxy groups -OCH3 is 1. The predicted octanol–water partition coefficient (Wildman–Crippen LogP) is 1.25. The van der Waals surface area contributed by atoms with Gasteiger partial charge in [0, 0.05) is 7.11 Å². The van der Waals surface area contributed by atoms with Crippen LogP contribution in [-0.2, 0) is 14.2 Å². The smallest absolute Gasteiger partial charge is 0.265 e. The second-order valence-electron chi connectivity index (χ2n) is 2.93. The van der Waals surface area contributed by atoms with Crippen LogP contribution in [0.5, 0.6) is 5.88 Å². The quantitative estimate of drug-likeness (QED) is 0.602. The lowest BCUT2D eigenvalue weighted by Gasteiger charge is -2.05. The molecule has 98 valence electrons. The molecular weight excluding hydrogens is 268 g/mol. The Morgan fingerprint density at radius 2 is 1.65 bits per heavy atom. The minimum atomic E-state index is 0.290. The molecule has 1 heterocycles. The van der Waals surface area contributed by atoms with E-state index in [9.17, 15) is 0 Å². The molecule has 17 heavy (non-hydrogen) atoms. The van der Waals surface area contributed by atoms with Crippen LogP contribution in [-0.4, -0.2) is 55.5 Å². The molecular formula is C9H15ClN2O4S. The molecule has 0 saturated heterocycles. The largest absolute Gasteiger partial charge is 0.472 e. The summed E-state index contributed by atoms with van der Waals surface area (Å²) in [6.45, 7) is 3.10. The SMILES string of the molecule is COCCOCCOCCOc1nsnc1Cl. The standard InChI is InChI=1S/C9H15ClN2O4S/c1-13-2-3-14-4-5-15-6-7-16-9-8(10)11-17-12-9/h2-7H2,1H3. The number of hydrogen-bond donors (Lipinski definition) is 0. The average molecular weight is 283 g/mol. The van der Waals surface area contributed by atoms with Crippen LogP contribution in [0.3, 0.4) is 0 Å². The molecule has 1 aromatic heterocycles. The normalized spacial score (nSPS) is 10.7. The van der Waals surface area contributed by atoms with Crippen molar-refractivity contribution in [1.82, 2.24) is 8.75 Å². The summed E-state index contributed by atoms with van der Waals surface area (Å²) in [5, 5.41) is 0.290. The van der Waals surface area contributed by atoms with E-state index in [1.54, 1.807) is 7.11 Å². The van der Waals surface area contributed by atoms with E-state index in [2.05, 4.69) is 8.75 Å². The first-order valence-electron chi connectivity index (χ1n) is 5.10. The number of halogens is 1. The van der Waals surface area contributed by atoms with E-state index in [-0.39, 0.29) is 5.15 Å². The van der Waals surface area contributed by atoms with E-state index < -0.39 is 0 Å². The molecule has 0 fully saturated rings. The fraction of sp³-hybridized carbons (Fsp3) is 0.778. The highest BCUT2D eigenvalue weighted by atomic mass is 35.5. The first-order chi connectivity index (χ1) is 8.34. The maximum atomic E-state index is 5.69. The number of aromatic nitrogens is 2. The molecule has 0 aliphatic carbocycles. The van der Waals surface area contributed by atoms with Gasteiger partial charge >= 0.3 is 0 Å². The molecule has 1 aromatic rings. The number of ether oxygens (including phenoxy) is 4. The fourth-order valence-corrected chi connectivity index (χ4v) is 1.56. The second-order valence-corrected chi connectivity index (χ2v) is 3.81. The summed E-state index contributed by atoms with van der Waals surface area (Å²) in [5.41, 5.74) is 0. The summed E-state index contributed by atoms with van der Waals surface area (Å²) < 4.78 is 28.2. The van der Waals surface area contributed by atoms with Crippen molar-refractivity contribution in [3.63, 3.8) is 0 Å². The molecule has 6 nitrogen and oxygen atoms in total. The lowest BCUT2D eigenvalue weighted by Crippen LogP contribution is -2.12. The van der Waals surface area contributed by atoms with Gasteiger partial charge in [0.1, 0.15) is 6.61 Å². The Balaban J connectivity index is 1.86. The van der Waals surface area contributed by atoms with Crippen LogP contribution in [0.1, 0.15) is 0 Å². The fourth-order valence-electron chi connectivity index (χ4n) is 0.917. The molecule has 0 unspecified atom stereocenters. The Hall–Kier alpha value is -0.470. The Labute approximate surface area is 109 Å². The molecule has 0 spiro atoms. The molecule has 0 saturated carbocycles. The summed E-state index contributed by atoms with van der Waals surface area (Å²) in [4.78, 5) is 0. The Morgan fingerprint density at radius 3 is 2.24 bits per heavy atom. The number of rotatable bonds is 10. The van der Waals surface area contributed by atoms with Crippen molar-refractivity contribution in [2.24, 2.45) is 0 Å².